The van der Waals surface area contributed by atoms with Crippen LogP contribution in [0.25, 0.3) is 17.0 Å². The second-order valence-electron chi connectivity index (χ2n) is 6.80. The lowest BCUT2D eigenvalue weighted by Gasteiger charge is -2.12. The van der Waals surface area contributed by atoms with Gasteiger partial charge in [0.25, 0.3) is 0 Å². The minimum atomic E-state index is 0.0224. The molecule has 0 bridgehead atoms. The average molecular weight is 433 g/mol. The molecule has 0 fully saturated rings. The molecular formula is C19H18Cl2N6S. The number of halogens is 2. The Bertz CT molecular complexity index is 1120. The Kier molecular flexibility index (Phi) is 5.23. The van der Waals surface area contributed by atoms with Crippen molar-refractivity contribution in [3.63, 3.8) is 0 Å². The van der Waals surface area contributed by atoms with Crippen LogP contribution in [0.3, 0.4) is 0 Å². The lowest BCUT2D eigenvalue weighted by atomic mass is 10.2. The molecule has 3 heterocycles. The van der Waals surface area contributed by atoms with E-state index in [2.05, 4.69) is 46.8 Å². The average Bonchev–Trinajstić information content (AvgIpc) is 3.28. The molecule has 0 aliphatic rings. The summed E-state index contributed by atoms with van der Waals surface area (Å²) in [5.41, 5.74) is 2.39. The maximum Gasteiger partial charge on any atom is 0.185 e. The van der Waals surface area contributed by atoms with E-state index in [9.17, 15) is 0 Å². The number of thiazole rings is 1. The first-order valence-corrected chi connectivity index (χ1v) is 10.4. The molecule has 0 aliphatic carbocycles. The molecule has 3 aromatic heterocycles. The fraction of sp³-hybridized carbons (Fsp3) is 0.263. The second-order valence-corrected chi connectivity index (χ2v) is 8.56. The third-order valence-corrected chi connectivity index (χ3v) is 5.83. The molecule has 28 heavy (non-hydrogen) atoms. The van der Waals surface area contributed by atoms with Gasteiger partial charge in [-0.15, -0.1) is 26.6 Å². The van der Waals surface area contributed by atoms with Crippen molar-refractivity contribution in [1.29, 1.82) is 0 Å². The Hall–Kier alpha value is -2.22. The third-order valence-electron chi connectivity index (χ3n) is 4.23. The van der Waals surface area contributed by atoms with E-state index in [1.54, 1.807) is 34.1 Å². The topological polar surface area (TPSA) is 68.0 Å². The molecule has 0 radical (unpaired) electrons. The van der Waals surface area contributed by atoms with E-state index in [-0.39, 0.29) is 6.04 Å². The van der Waals surface area contributed by atoms with Crippen molar-refractivity contribution in [2.75, 3.05) is 5.32 Å². The van der Waals surface area contributed by atoms with Crippen LogP contribution in [-0.2, 0) is 0 Å². The van der Waals surface area contributed by atoms with E-state index in [0.29, 0.717) is 33.3 Å². The van der Waals surface area contributed by atoms with Crippen molar-refractivity contribution in [1.82, 2.24) is 24.8 Å². The van der Waals surface area contributed by atoms with Crippen LogP contribution in [0.4, 0.5) is 5.82 Å². The molecule has 6 nitrogen and oxygen atoms in total. The molecule has 0 spiro atoms. The number of benzene rings is 1. The summed E-state index contributed by atoms with van der Waals surface area (Å²) >= 11 is 13.9. The van der Waals surface area contributed by atoms with Gasteiger partial charge >= 0.3 is 0 Å². The lowest BCUT2D eigenvalue weighted by molar-refractivity contribution is 0.791. The van der Waals surface area contributed by atoms with Crippen LogP contribution in [0.15, 0.2) is 35.7 Å². The first kappa shape index (κ1) is 19.1. The molecule has 1 unspecified atom stereocenters. The van der Waals surface area contributed by atoms with Gasteiger partial charge in [-0.25, -0.2) is 4.98 Å². The van der Waals surface area contributed by atoms with E-state index in [1.165, 1.54) is 0 Å². The van der Waals surface area contributed by atoms with Crippen molar-refractivity contribution in [2.24, 2.45) is 0 Å². The Morgan fingerprint density at radius 2 is 1.79 bits per heavy atom. The predicted molar refractivity (Wildman–Crippen MR) is 114 cm³/mol. The molecule has 1 aromatic carbocycles. The Morgan fingerprint density at radius 1 is 1.04 bits per heavy atom. The number of rotatable bonds is 5. The van der Waals surface area contributed by atoms with Crippen molar-refractivity contribution < 1.29 is 0 Å². The summed E-state index contributed by atoms with van der Waals surface area (Å²) < 4.78 is 1.68. The van der Waals surface area contributed by atoms with Crippen molar-refractivity contribution in [3.05, 3.63) is 56.5 Å². The summed E-state index contributed by atoms with van der Waals surface area (Å²) in [6.45, 7) is 6.35. The van der Waals surface area contributed by atoms with Gasteiger partial charge in [-0.2, -0.15) is 4.52 Å². The molecule has 4 aromatic rings. The van der Waals surface area contributed by atoms with Crippen LogP contribution in [0, 0.1) is 0 Å². The smallest absolute Gasteiger partial charge is 0.185 e. The summed E-state index contributed by atoms with van der Waals surface area (Å²) in [4.78, 5) is 4.71. The number of nitrogens with one attached hydrogen (secondary N) is 1. The van der Waals surface area contributed by atoms with E-state index in [0.717, 1.165) is 16.3 Å². The predicted octanol–water partition coefficient (Wildman–Crippen LogP) is 5.85. The van der Waals surface area contributed by atoms with Gasteiger partial charge in [0.05, 0.1) is 16.7 Å². The number of aromatic nitrogens is 5. The Morgan fingerprint density at radius 3 is 2.46 bits per heavy atom. The Labute approximate surface area is 176 Å². The highest BCUT2D eigenvalue weighted by molar-refractivity contribution is 7.09. The normalized spacial score (nSPS) is 12.6. The van der Waals surface area contributed by atoms with Gasteiger partial charge in [0.2, 0.25) is 0 Å². The van der Waals surface area contributed by atoms with E-state index < -0.39 is 0 Å². The largest absolute Gasteiger partial charge is 0.361 e. The monoisotopic (exact) mass is 432 g/mol. The highest BCUT2D eigenvalue weighted by Gasteiger charge is 2.15. The van der Waals surface area contributed by atoms with E-state index >= 15 is 0 Å². The number of nitrogens with zero attached hydrogens (tertiary/aromatic N) is 5. The maximum absolute atomic E-state index is 6.13. The van der Waals surface area contributed by atoms with Gasteiger partial charge < -0.3 is 5.32 Å². The highest BCUT2D eigenvalue weighted by atomic mass is 35.5. The van der Waals surface area contributed by atoms with Crippen LogP contribution in [0.5, 0.6) is 0 Å². The van der Waals surface area contributed by atoms with E-state index in [4.69, 9.17) is 28.2 Å². The van der Waals surface area contributed by atoms with Crippen LogP contribution in [0.1, 0.15) is 43.4 Å². The zero-order chi connectivity index (χ0) is 19.8. The standard InChI is InChI=1S/C19H18Cl2N6S/c1-10(2)19-23-15(9-28-19)11(3)22-16-4-5-17-24-25-18(27(17)26-16)12-6-13(20)8-14(21)7-12/h4-11H,1-3H3,(H,22,26). The lowest BCUT2D eigenvalue weighted by Crippen LogP contribution is -2.10. The van der Waals surface area contributed by atoms with Crippen molar-refractivity contribution in [2.45, 2.75) is 32.7 Å². The van der Waals surface area contributed by atoms with Gasteiger partial charge in [0.1, 0.15) is 5.82 Å². The van der Waals surface area contributed by atoms with Gasteiger partial charge in [-0.3, -0.25) is 0 Å². The van der Waals surface area contributed by atoms with Crippen LogP contribution in [-0.4, -0.2) is 24.8 Å². The molecule has 144 valence electrons. The summed E-state index contributed by atoms with van der Waals surface area (Å²) in [5.74, 6) is 1.70. The fourth-order valence-corrected chi connectivity index (χ4v) is 4.24. The van der Waals surface area contributed by atoms with Gasteiger partial charge in [0, 0.05) is 26.9 Å². The Balaban J connectivity index is 1.65. The van der Waals surface area contributed by atoms with Crippen LogP contribution in [0.2, 0.25) is 10.0 Å². The second kappa shape index (κ2) is 7.66. The molecule has 9 heteroatoms. The van der Waals surface area contributed by atoms with Gasteiger partial charge in [-0.1, -0.05) is 37.0 Å². The number of hydrogen-bond donors (Lipinski definition) is 1. The zero-order valence-corrected chi connectivity index (χ0v) is 17.8. The number of anilines is 1. The summed E-state index contributed by atoms with van der Waals surface area (Å²) in [6.07, 6.45) is 0. The summed E-state index contributed by atoms with van der Waals surface area (Å²) in [6, 6.07) is 9.02. The minimum absolute atomic E-state index is 0.0224. The first-order chi connectivity index (χ1) is 13.4. The van der Waals surface area contributed by atoms with Gasteiger partial charge in [0.15, 0.2) is 11.5 Å². The zero-order valence-electron chi connectivity index (χ0n) is 15.5. The molecule has 1 N–H and O–H groups in total. The molecular weight excluding hydrogens is 415 g/mol. The van der Waals surface area contributed by atoms with Crippen LogP contribution >= 0.6 is 34.5 Å². The third kappa shape index (κ3) is 3.83. The van der Waals surface area contributed by atoms with Crippen molar-refractivity contribution >= 4 is 46.0 Å². The van der Waals surface area contributed by atoms with Crippen LogP contribution < -0.4 is 5.32 Å². The van der Waals surface area contributed by atoms with Gasteiger partial charge in [-0.05, 0) is 37.3 Å². The number of fused-ring (bicyclic) bond motifs is 1. The minimum Gasteiger partial charge on any atom is -0.361 e. The molecule has 0 amide bonds. The maximum atomic E-state index is 6.13. The summed E-state index contributed by atoms with van der Waals surface area (Å²) in [7, 11) is 0. The number of hydrogen-bond acceptors (Lipinski definition) is 6. The van der Waals surface area contributed by atoms with Crippen molar-refractivity contribution in [3.8, 4) is 11.4 Å². The first-order valence-electron chi connectivity index (χ1n) is 8.81. The molecule has 4 rings (SSSR count). The highest BCUT2D eigenvalue weighted by Crippen LogP contribution is 2.27. The quantitative estimate of drug-likeness (QED) is 0.428. The molecule has 0 aliphatic heterocycles. The fourth-order valence-electron chi connectivity index (χ4n) is 2.79. The SMILES string of the molecule is CC(C)c1nc(C(C)Nc2ccc3nnc(-c4cc(Cl)cc(Cl)c4)n3n2)cs1. The molecule has 0 saturated carbocycles. The summed E-state index contributed by atoms with van der Waals surface area (Å²) in [5, 5.41) is 20.8. The van der Waals surface area contributed by atoms with E-state index in [1.807, 2.05) is 12.1 Å². The molecule has 1 atom stereocenters. The molecule has 0 saturated heterocycles.